The summed E-state index contributed by atoms with van der Waals surface area (Å²) >= 11 is 16.9. The van der Waals surface area contributed by atoms with Crippen molar-refractivity contribution < 1.29 is 33.4 Å². The maximum atomic E-state index is 14.6. The lowest BCUT2D eigenvalue weighted by atomic mass is 9.56. The number of hydrogen-bond donors (Lipinski definition) is 1. The highest BCUT2D eigenvalue weighted by atomic mass is 127. The van der Waals surface area contributed by atoms with E-state index in [0.29, 0.717) is 31.8 Å². The number of anilines is 3. The number of halogens is 4. The number of carbonyl (C=O) groups excluding carboxylic acids is 4. The van der Waals surface area contributed by atoms with E-state index in [-0.39, 0.29) is 30.0 Å². The van der Waals surface area contributed by atoms with Crippen molar-refractivity contribution in [3.8, 4) is 11.5 Å². The quantitative estimate of drug-likeness (QED) is 0.0648. The van der Waals surface area contributed by atoms with Gasteiger partial charge < -0.3 is 14.7 Å². The van der Waals surface area contributed by atoms with Gasteiger partial charge in [-0.1, -0.05) is 11.6 Å². The Kier molecular flexibility index (Phi) is 9.48. The fourth-order valence-electron chi connectivity index (χ4n) is 8.54. The summed E-state index contributed by atoms with van der Waals surface area (Å²) in [4.78, 5) is 57.6. The number of nitrogens with zero attached hydrogens (tertiary/aromatic N) is 5. The summed E-state index contributed by atoms with van der Waals surface area (Å²) in [6, 6.07) is 22.1. The Morgan fingerprint density at radius 3 is 2.04 bits per heavy atom. The van der Waals surface area contributed by atoms with Crippen LogP contribution in [0.2, 0.25) is 0 Å². The second-order valence-electron chi connectivity index (χ2n) is 14.4. The number of hydrogen-bond acceptors (Lipinski definition) is 9. The molecule has 286 valence electrons. The van der Waals surface area contributed by atoms with Crippen LogP contribution >= 0.6 is 45.8 Å². The van der Waals surface area contributed by atoms with Gasteiger partial charge >= 0.3 is 0 Å². The van der Waals surface area contributed by atoms with Crippen molar-refractivity contribution in [1.82, 2.24) is 0 Å². The van der Waals surface area contributed by atoms with Crippen LogP contribution in [0.15, 0.2) is 107 Å². The number of azo groups is 1. The number of phenolic OH excluding ortho intramolecular Hbond substituents is 1. The summed E-state index contributed by atoms with van der Waals surface area (Å²) < 4.78 is 19.8. The lowest BCUT2D eigenvalue weighted by Crippen LogP contribution is -2.60. The van der Waals surface area contributed by atoms with Crippen molar-refractivity contribution in [1.29, 1.82) is 0 Å². The van der Waals surface area contributed by atoms with Gasteiger partial charge in [-0.2, -0.15) is 10.2 Å². The highest BCUT2D eigenvalue weighted by Crippen LogP contribution is 2.66. The smallest absolute Gasteiger partial charge is 0.258 e. The molecular formula is C41H33Cl2FIN5O6. The molecule has 4 aromatic rings. The van der Waals surface area contributed by atoms with Gasteiger partial charge in [0.2, 0.25) is 11.8 Å². The summed E-state index contributed by atoms with van der Waals surface area (Å²) in [6.07, 6.45) is 1.74. The largest absolute Gasteiger partial charge is 0.504 e. The van der Waals surface area contributed by atoms with E-state index >= 15 is 0 Å². The zero-order valence-corrected chi connectivity index (χ0v) is 33.8. The maximum absolute atomic E-state index is 14.6. The summed E-state index contributed by atoms with van der Waals surface area (Å²) in [5.41, 5.74) is 3.59. The third kappa shape index (κ3) is 5.72. The first-order chi connectivity index (χ1) is 26.7. The molecule has 8 rings (SSSR count). The van der Waals surface area contributed by atoms with Crippen LogP contribution in [-0.2, 0) is 19.2 Å². The molecule has 2 heterocycles. The van der Waals surface area contributed by atoms with E-state index < -0.39 is 62.9 Å². The Bertz CT molecular complexity index is 2380. The van der Waals surface area contributed by atoms with Crippen LogP contribution in [0.3, 0.4) is 0 Å². The monoisotopic (exact) mass is 907 g/mol. The molecule has 2 aliphatic carbocycles. The number of carbonyl (C=O) groups is 4. The van der Waals surface area contributed by atoms with Crippen molar-refractivity contribution >= 4 is 97.9 Å². The topological polar surface area (TPSA) is 132 Å². The number of allylic oxidation sites excluding steroid dienone is 2. The van der Waals surface area contributed by atoms with Gasteiger partial charge in [0.1, 0.15) is 5.82 Å². The number of methoxy groups -OCH3 is 1. The lowest BCUT2D eigenvalue weighted by molar-refractivity contribution is -0.125. The van der Waals surface area contributed by atoms with Crippen LogP contribution in [0.1, 0.15) is 24.3 Å². The van der Waals surface area contributed by atoms with Crippen LogP contribution in [0.5, 0.6) is 11.5 Å². The minimum absolute atomic E-state index is 0.0748. The van der Waals surface area contributed by atoms with E-state index in [9.17, 15) is 28.7 Å². The van der Waals surface area contributed by atoms with Crippen LogP contribution in [0.4, 0.5) is 32.8 Å². The molecule has 2 aliphatic heterocycles. The molecule has 0 bridgehead atoms. The summed E-state index contributed by atoms with van der Waals surface area (Å²) in [5, 5.41) is 19.4. The van der Waals surface area contributed by atoms with Gasteiger partial charge in [0, 0.05) is 25.7 Å². The predicted octanol–water partition coefficient (Wildman–Crippen LogP) is 8.39. The third-order valence-electron chi connectivity index (χ3n) is 11.3. The zero-order chi connectivity index (χ0) is 39.8. The van der Waals surface area contributed by atoms with E-state index in [0.717, 1.165) is 27.6 Å². The first kappa shape index (κ1) is 38.0. The van der Waals surface area contributed by atoms with E-state index in [1.54, 1.807) is 30.3 Å². The summed E-state index contributed by atoms with van der Waals surface area (Å²) in [7, 11) is 5.27. The van der Waals surface area contributed by atoms with E-state index in [1.165, 1.54) is 25.3 Å². The van der Waals surface area contributed by atoms with Crippen molar-refractivity contribution in [2.75, 3.05) is 35.9 Å². The zero-order valence-electron chi connectivity index (χ0n) is 30.1. The normalized spacial score (nSPS) is 27.0. The molecule has 15 heteroatoms. The average molecular weight is 909 g/mol. The Balaban J connectivity index is 1.17. The standard InChI is InChI=1S/C41H33Cl2FIN5O6/c1-48(2)25-12-6-23(7-13-25)46-47-24-8-14-26(15-9-24)49-36(52)29-17-16-28-30(33(29)37(49)53)20-40(42)38(54)50(27-10-4-22(44)5-11-27)39(55)41(40,43)34(28)21-18-31(45)35(51)32(19-21)56-3/h4-16,18-19,29-30,33-34,51H,17,20H2,1-3H3. The Morgan fingerprint density at radius 1 is 0.839 bits per heavy atom. The Labute approximate surface area is 344 Å². The van der Waals surface area contributed by atoms with Crippen molar-refractivity contribution in [3.63, 3.8) is 0 Å². The number of rotatable bonds is 7. The molecule has 3 fully saturated rings. The second-order valence-corrected chi connectivity index (χ2v) is 16.8. The molecule has 1 saturated carbocycles. The minimum atomic E-state index is -2.13. The number of ether oxygens (including phenoxy) is 1. The molecule has 4 aromatic carbocycles. The first-order valence-corrected chi connectivity index (χ1v) is 19.5. The van der Waals surface area contributed by atoms with Crippen LogP contribution in [0, 0.1) is 27.1 Å². The van der Waals surface area contributed by atoms with Crippen molar-refractivity contribution in [2.24, 2.45) is 28.0 Å². The van der Waals surface area contributed by atoms with Crippen LogP contribution in [-0.4, -0.2) is 59.7 Å². The summed E-state index contributed by atoms with van der Waals surface area (Å²) in [5.74, 6) is -6.76. The molecule has 0 radical (unpaired) electrons. The molecule has 1 N–H and O–H groups in total. The molecule has 0 spiro atoms. The molecular weight excluding hydrogens is 875 g/mol. The van der Waals surface area contributed by atoms with E-state index in [1.807, 2.05) is 71.9 Å². The van der Waals surface area contributed by atoms with Crippen molar-refractivity contribution in [2.45, 2.75) is 28.5 Å². The predicted molar refractivity (Wildman–Crippen MR) is 218 cm³/mol. The fourth-order valence-corrected chi connectivity index (χ4v) is 10.1. The average Bonchev–Trinajstić information content (AvgIpc) is 3.53. The van der Waals surface area contributed by atoms with Gasteiger partial charge in [-0.25, -0.2) is 9.29 Å². The van der Waals surface area contributed by atoms with Crippen LogP contribution < -0.4 is 19.4 Å². The number of benzene rings is 4. The molecule has 56 heavy (non-hydrogen) atoms. The summed E-state index contributed by atoms with van der Waals surface area (Å²) in [6.45, 7) is 0. The van der Waals surface area contributed by atoms with Gasteiger partial charge in [-0.15, -0.1) is 23.2 Å². The fraction of sp³-hybridized carbons (Fsp3) is 0.268. The Morgan fingerprint density at radius 2 is 1.43 bits per heavy atom. The molecule has 4 amide bonds. The number of amides is 4. The van der Waals surface area contributed by atoms with E-state index in [4.69, 9.17) is 27.9 Å². The van der Waals surface area contributed by atoms with E-state index in [2.05, 4.69) is 10.2 Å². The SMILES string of the molecule is COc1cc(C2C3=CCC4C(=O)N(c5ccc(N=Nc6ccc(N(C)C)cc6)cc5)C(=O)C4C3CC3(Cl)C(=O)N(c4ccc(F)cc4)C(=O)C23Cl)cc(I)c1O. The molecule has 6 atom stereocenters. The van der Waals surface area contributed by atoms with Crippen molar-refractivity contribution in [3.05, 3.63) is 112 Å². The van der Waals surface area contributed by atoms with Gasteiger partial charge in [-0.05, 0) is 132 Å². The highest BCUT2D eigenvalue weighted by molar-refractivity contribution is 14.1. The van der Waals surface area contributed by atoms with Gasteiger partial charge in [0.25, 0.3) is 11.8 Å². The molecule has 0 aromatic heterocycles. The number of aromatic hydroxyl groups is 1. The number of phenols is 1. The molecule has 2 saturated heterocycles. The lowest BCUT2D eigenvalue weighted by Gasteiger charge is -2.50. The van der Waals surface area contributed by atoms with Gasteiger partial charge in [0.15, 0.2) is 21.2 Å². The van der Waals surface area contributed by atoms with Gasteiger partial charge in [-0.3, -0.25) is 24.1 Å². The Hall–Kier alpha value is -4.86. The molecule has 4 aliphatic rings. The number of alkyl halides is 2. The first-order valence-electron chi connectivity index (χ1n) is 17.6. The van der Waals surface area contributed by atoms with Crippen LogP contribution in [0.25, 0.3) is 0 Å². The molecule has 11 nitrogen and oxygen atoms in total. The highest BCUT2D eigenvalue weighted by Gasteiger charge is 2.76. The third-order valence-corrected chi connectivity index (χ3v) is 13.5. The molecule has 6 unspecified atom stereocenters. The number of fused-ring (bicyclic) bond motifs is 4. The minimum Gasteiger partial charge on any atom is -0.504 e. The number of imide groups is 2. The van der Waals surface area contributed by atoms with Gasteiger partial charge in [0.05, 0.1) is 45.3 Å². The second kappa shape index (κ2) is 14.0. The maximum Gasteiger partial charge on any atom is 0.258 e.